The van der Waals surface area contributed by atoms with Crippen molar-refractivity contribution in [2.75, 3.05) is 11.5 Å². The van der Waals surface area contributed by atoms with Crippen LogP contribution in [0, 0.1) is 0 Å². The highest BCUT2D eigenvalue weighted by Crippen LogP contribution is 1.88. The van der Waals surface area contributed by atoms with E-state index in [0.29, 0.717) is 0 Å². The van der Waals surface area contributed by atoms with Crippen LogP contribution in [0.5, 0.6) is 0 Å². The zero-order valence-corrected chi connectivity index (χ0v) is 6.92. The van der Waals surface area contributed by atoms with Crippen LogP contribution in [-0.2, 0) is 0 Å². The first kappa shape index (κ1) is 7.94. The lowest BCUT2D eigenvalue weighted by Crippen LogP contribution is -1.97. The molecule has 0 bridgehead atoms. The Morgan fingerprint density at radius 2 is 2.50 bits per heavy atom. The van der Waals surface area contributed by atoms with Gasteiger partial charge in [-0.15, -0.1) is 0 Å². The van der Waals surface area contributed by atoms with Crippen molar-refractivity contribution in [2.24, 2.45) is 10.7 Å². The Labute approximate surface area is 63.0 Å². The van der Waals surface area contributed by atoms with Gasteiger partial charge in [-0.25, -0.2) is 0 Å². The summed E-state index contributed by atoms with van der Waals surface area (Å²) >= 11 is 2.20. The standard InChI is InChI=1S/C5H9IN2/c1-8-3-2-5(7)4-6/h2-3H,4,7H2,1H3. The maximum atomic E-state index is 5.42. The zero-order chi connectivity index (χ0) is 6.41. The van der Waals surface area contributed by atoms with Gasteiger partial charge in [-0.1, -0.05) is 22.6 Å². The van der Waals surface area contributed by atoms with Crippen LogP contribution in [0.3, 0.4) is 0 Å². The van der Waals surface area contributed by atoms with Gasteiger partial charge < -0.3 is 5.73 Å². The highest BCUT2D eigenvalue weighted by Gasteiger charge is 1.78. The molecule has 3 heteroatoms. The lowest BCUT2D eigenvalue weighted by atomic mass is 10.5. The second-order valence-electron chi connectivity index (χ2n) is 1.28. The van der Waals surface area contributed by atoms with Crippen LogP contribution in [0.2, 0.25) is 0 Å². The molecule has 0 fully saturated rings. The van der Waals surface area contributed by atoms with Crippen molar-refractivity contribution in [2.45, 2.75) is 0 Å². The molecule has 0 aliphatic carbocycles. The van der Waals surface area contributed by atoms with E-state index in [1.165, 1.54) is 0 Å². The molecule has 46 valence electrons. The van der Waals surface area contributed by atoms with E-state index in [-0.39, 0.29) is 0 Å². The lowest BCUT2D eigenvalue weighted by molar-refractivity contribution is 1.36. The van der Waals surface area contributed by atoms with Gasteiger partial charge in [0.15, 0.2) is 0 Å². The van der Waals surface area contributed by atoms with E-state index >= 15 is 0 Å². The minimum absolute atomic E-state index is 0.858. The average molecular weight is 224 g/mol. The second kappa shape index (κ2) is 5.08. The molecule has 0 radical (unpaired) electrons. The third kappa shape index (κ3) is 4.11. The molecule has 0 amide bonds. The predicted molar refractivity (Wildman–Crippen MR) is 45.6 cm³/mol. The second-order valence-corrected chi connectivity index (χ2v) is 2.05. The van der Waals surface area contributed by atoms with Crippen molar-refractivity contribution in [1.29, 1.82) is 0 Å². The summed E-state index contributed by atoms with van der Waals surface area (Å²) in [5.74, 6) is 0. The summed E-state index contributed by atoms with van der Waals surface area (Å²) in [6.07, 6.45) is 3.49. The van der Waals surface area contributed by atoms with E-state index in [9.17, 15) is 0 Å². The van der Waals surface area contributed by atoms with E-state index in [1.807, 2.05) is 0 Å². The Balaban J connectivity index is 3.57. The van der Waals surface area contributed by atoms with Gasteiger partial charge in [0, 0.05) is 23.4 Å². The molecule has 0 aromatic heterocycles. The molecule has 0 aliphatic rings. The summed E-state index contributed by atoms with van der Waals surface area (Å²) in [5, 5.41) is 0. The third-order valence-electron chi connectivity index (χ3n) is 0.592. The van der Waals surface area contributed by atoms with Gasteiger partial charge in [-0.2, -0.15) is 0 Å². The normalized spacial score (nSPS) is 13.0. The van der Waals surface area contributed by atoms with Crippen molar-refractivity contribution in [3.63, 3.8) is 0 Å². The molecule has 0 aliphatic heterocycles. The summed E-state index contributed by atoms with van der Waals surface area (Å²) < 4.78 is 0.865. The van der Waals surface area contributed by atoms with E-state index in [1.54, 1.807) is 19.3 Å². The van der Waals surface area contributed by atoms with Crippen LogP contribution in [0.4, 0.5) is 0 Å². The van der Waals surface area contributed by atoms with Gasteiger partial charge in [0.2, 0.25) is 0 Å². The van der Waals surface area contributed by atoms with Crippen LogP contribution in [0.1, 0.15) is 0 Å². The molecule has 0 aromatic rings. The number of allylic oxidation sites excluding steroid dienone is 2. The first-order chi connectivity index (χ1) is 3.81. The Hall–Kier alpha value is -0.0600. The summed E-state index contributed by atoms with van der Waals surface area (Å²) in [6, 6.07) is 0. The molecule has 0 heterocycles. The van der Waals surface area contributed by atoms with Crippen molar-refractivity contribution < 1.29 is 0 Å². The Bertz CT molecular complexity index is 107. The molecule has 2 nitrogen and oxygen atoms in total. The molecule has 8 heavy (non-hydrogen) atoms. The SMILES string of the molecule is CN=CC=C(N)CI. The van der Waals surface area contributed by atoms with Gasteiger partial charge in [0.1, 0.15) is 0 Å². The highest BCUT2D eigenvalue weighted by molar-refractivity contribution is 14.1. The first-order valence-electron chi connectivity index (χ1n) is 2.24. The number of nitrogens with two attached hydrogens (primary N) is 1. The number of alkyl halides is 1. The maximum Gasteiger partial charge on any atom is 0.0393 e. The van der Waals surface area contributed by atoms with Crippen molar-refractivity contribution in [1.82, 2.24) is 0 Å². The van der Waals surface area contributed by atoms with Crippen molar-refractivity contribution >= 4 is 28.8 Å². The van der Waals surface area contributed by atoms with Crippen molar-refractivity contribution in [3.8, 4) is 0 Å². The zero-order valence-electron chi connectivity index (χ0n) is 4.76. The van der Waals surface area contributed by atoms with Crippen LogP contribution in [0.15, 0.2) is 16.8 Å². The van der Waals surface area contributed by atoms with Gasteiger partial charge in [-0.05, 0) is 6.08 Å². The Morgan fingerprint density at radius 1 is 1.88 bits per heavy atom. The molecule has 0 unspecified atom stereocenters. The molecule has 0 saturated heterocycles. The summed E-state index contributed by atoms with van der Waals surface area (Å²) in [5.41, 5.74) is 6.28. The van der Waals surface area contributed by atoms with E-state index in [0.717, 1.165) is 10.1 Å². The quantitative estimate of drug-likeness (QED) is 0.423. The molecule has 0 atom stereocenters. The van der Waals surface area contributed by atoms with Crippen LogP contribution >= 0.6 is 22.6 Å². The molecule has 0 saturated carbocycles. The van der Waals surface area contributed by atoms with Crippen molar-refractivity contribution in [3.05, 3.63) is 11.8 Å². The minimum Gasteiger partial charge on any atom is -0.401 e. The topological polar surface area (TPSA) is 38.4 Å². The molecular formula is C5H9IN2. The summed E-state index contributed by atoms with van der Waals surface area (Å²) in [6.45, 7) is 0. The third-order valence-corrected chi connectivity index (χ3v) is 1.47. The lowest BCUT2D eigenvalue weighted by Gasteiger charge is -1.86. The number of hydrogen-bond donors (Lipinski definition) is 1. The van der Waals surface area contributed by atoms with E-state index < -0.39 is 0 Å². The largest absolute Gasteiger partial charge is 0.401 e. The monoisotopic (exact) mass is 224 g/mol. The average Bonchev–Trinajstić information content (AvgIpc) is 1.83. The molecule has 0 rings (SSSR count). The highest BCUT2D eigenvalue weighted by atomic mass is 127. The van der Waals surface area contributed by atoms with Crippen LogP contribution in [-0.4, -0.2) is 17.7 Å². The number of hydrogen-bond acceptors (Lipinski definition) is 2. The molecular weight excluding hydrogens is 215 g/mol. The molecule has 0 spiro atoms. The number of rotatable bonds is 2. The molecule has 2 N–H and O–H groups in total. The first-order valence-corrected chi connectivity index (χ1v) is 3.76. The summed E-state index contributed by atoms with van der Waals surface area (Å²) in [4.78, 5) is 3.74. The fourth-order valence-corrected chi connectivity index (χ4v) is 0.469. The summed E-state index contributed by atoms with van der Waals surface area (Å²) in [7, 11) is 1.72. The fourth-order valence-electron chi connectivity index (χ4n) is 0.215. The Morgan fingerprint density at radius 3 is 2.88 bits per heavy atom. The predicted octanol–water partition coefficient (Wildman–Crippen LogP) is 0.965. The smallest absolute Gasteiger partial charge is 0.0393 e. The van der Waals surface area contributed by atoms with Crippen LogP contribution in [0.25, 0.3) is 0 Å². The minimum atomic E-state index is 0.858. The molecule has 0 aromatic carbocycles. The number of halogens is 1. The van der Waals surface area contributed by atoms with Gasteiger partial charge in [0.25, 0.3) is 0 Å². The fraction of sp³-hybridized carbons (Fsp3) is 0.400. The Kier molecular flexibility index (Phi) is 5.05. The van der Waals surface area contributed by atoms with Gasteiger partial charge in [0.05, 0.1) is 0 Å². The maximum absolute atomic E-state index is 5.42. The van der Waals surface area contributed by atoms with E-state index in [2.05, 4.69) is 27.6 Å². The van der Waals surface area contributed by atoms with Gasteiger partial charge >= 0.3 is 0 Å². The van der Waals surface area contributed by atoms with E-state index in [4.69, 9.17) is 5.73 Å². The van der Waals surface area contributed by atoms with Crippen LogP contribution < -0.4 is 5.73 Å². The number of aliphatic imine (C=N–C) groups is 1. The number of nitrogens with zero attached hydrogens (tertiary/aromatic N) is 1. The van der Waals surface area contributed by atoms with Gasteiger partial charge in [-0.3, -0.25) is 4.99 Å².